The van der Waals surface area contributed by atoms with Gasteiger partial charge in [0.15, 0.2) is 16.6 Å². The second-order valence-corrected chi connectivity index (χ2v) is 11.6. The average molecular weight is 628 g/mol. The van der Waals surface area contributed by atoms with E-state index in [0.29, 0.717) is 32.6 Å². The molecule has 39 heavy (non-hydrogen) atoms. The lowest BCUT2D eigenvalue weighted by molar-refractivity contribution is -0.132. The summed E-state index contributed by atoms with van der Waals surface area (Å²) in [4.78, 5) is 33.0. The highest BCUT2D eigenvalue weighted by Crippen LogP contribution is 2.47. The number of aliphatic hydroxyl groups excluding tert-OH is 1. The van der Waals surface area contributed by atoms with E-state index in [0.717, 1.165) is 16.0 Å². The quantitative estimate of drug-likeness (QED) is 0.154. The van der Waals surface area contributed by atoms with Crippen molar-refractivity contribution in [1.29, 1.82) is 0 Å². The molecule has 2 aliphatic rings. The topological polar surface area (TPSA) is 109 Å². The fourth-order valence-electron chi connectivity index (χ4n) is 4.97. The number of aromatic hydroxyl groups is 1. The van der Waals surface area contributed by atoms with Crippen LogP contribution in [-0.4, -0.2) is 40.1 Å². The molecule has 1 fully saturated rings. The average Bonchev–Trinajstić information content (AvgIpc) is 3.57. The van der Waals surface area contributed by atoms with Crippen LogP contribution in [0.5, 0.6) is 17.2 Å². The summed E-state index contributed by atoms with van der Waals surface area (Å²) in [5.41, 5.74) is 2.21. The minimum Gasteiger partial charge on any atom is -0.507 e. The van der Waals surface area contributed by atoms with Crippen molar-refractivity contribution in [3.05, 3.63) is 80.3 Å². The summed E-state index contributed by atoms with van der Waals surface area (Å²) in [6.45, 7) is 1.95. The Morgan fingerprint density at radius 3 is 2.77 bits per heavy atom. The van der Waals surface area contributed by atoms with Gasteiger partial charge in [0.1, 0.15) is 17.6 Å². The van der Waals surface area contributed by atoms with Gasteiger partial charge in [-0.05, 0) is 82.5 Å². The molecule has 0 spiro atoms. The Morgan fingerprint density at radius 2 is 2.00 bits per heavy atom. The Balaban J connectivity index is 1.57. The first-order valence-corrected chi connectivity index (χ1v) is 13.9. The molecule has 0 radical (unpaired) electrons. The maximum absolute atomic E-state index is 13.6. The maximum Gasteiger partial charge on any atom is 0.301 e. The van der Waals surface area contributed by atoms with E-state index < -0.39 is 17.7 Å². The number of aliphatic hydroxyl groups is 1. The van der Waals surface area contributed by atoms with Gasteiger partial charge in [-0.1, -0.05) is 22.9 Å². The first-order valence-electron chi connectivity index (χ1n) is 11.9. The van der Waals surface area contributed by atoms with E-state index in [1.165, 1.54) is 29.4 Å². The van der Waals surface area contributed by atoms with E-state index in [2.05, 4.69) is 20.9 Å². The van der Waals surface area contributed by atoms with E-state index in [1.54, 1.807) is 42.5 Å². The third-order valence-electron chi connectivity index (χ3n) is 6.75. The summed E-state index contributed by atoms with van der Waals surface area (Å²) >= 11 is 10.7. The zero-order valence-electron chi connectivity index (χ0n) is 20.6. The number of halogens is 2. The second kappa shape index (κ2) is 9.55. The molecule has 2 atom stereocenters. The number of anilines is 1. The molecule has 0 bridgehead atoms. The SMILES string of the molecule is COc1cc(C2C(=C(O)c3ccc4c(c3)CC(C)O4)C(=O)C(=O)N2c2nc3ccc(Cl)cc3s2)cc(Br)c1O. The Bertz CT molecular complexity index is 1730. The lowest BCUT2D eigenvalue weighted by atomic mass is 9.94. The van der Waals surface area contributed by atoms with Crippen molar-refractivity contribution in [2.45, 2.75) is 25.5 Å². The number of phenols is 1. The number of carbonyl (C=O) groups is 2. The van der Waals surface area contributed by atoms with Gasteiger partial charge in [-0.25, -0.2) is 4.98 Å². The molecule has 198 valence electrons. The highest BCUT2D eigenvalue weighted by atomic mass is 79.9. The number of ketones is 1. The Labute approximate surface area is 240 Å². The smallest absolute Gasteiger partial charge is 0.301 e. The van der Waals surface area contributed by atoms with Gasteiger partial charge in [-0.15, -0.1) is 0 Å². The zero-order chi connectivity index (χ0) is 27.6. The number of carbonyl (C=O) groups excluding carboxylic acids is 2. The standard InChI is InChI=1S/C28H20BrClN2O6S/c1-12-7-14-8-13(3-6-19(14)38-12)24(33)22-23(15-9-17(29)25(34)20(10-15)37-2)32(27(36)26(22)35)28-31-18-5-4-16(30)11-21(18)39-28/h3-6,8-12,23,33-34H,7H2,1-2H3. The molecular formula is C28H20BrClN2O6S. The van der Waals surface area contributed by atoms with E-state index in [-0.39, 0.29) is 34.1 Å². The van der Waals surface area contributed by atoms with Crippen LogP contribution in [0.4, 0.5) is 5.13 Å². The maximum atomic E-state index is 13.6. The summed E-state index contributed by atoms with van der Waals surface area (Å²) in [5.74, 6) is -1.31. The van der Waals surface area contributed by atoms with Gasteiger partial charge in [-0.2, -0.15) is 0 Å². The van der Waals surface area contributed by atoms with Crippen LogP contribution in [0.2, 0.25) is 5.02 Å². The van der Waals surface area contributed by atoms with Crippen LogP contribution in [0.3, 0.4) is 0 Å². The van der Waals surface area contributed by atoms with E-state index in [1.807, 2.05) is 6.92 Å². The minimum atomic E-state index is -1.06. The van der Waals surface area contributed by atoms with Crippen molar-refractivity contribution >= 4 is 71.7 Å². The number of benzene rings is 3. The Hall–Kier alpha value is -3.60. The number of amides is 1. The van der Waals surface area contributed by atoms with Crippen LogP contribution in [0, 0.1) is 0 Å². The van der Waals surface area contributed by atoms with Crippen LogP contribution in [-0.2, 0) is 16.0 Å². The fourth-order valence-corrected chi connectivity index (χ4v) is 6.69. The molecule has 4 aromatic rings. The first kappa shape index (κ1) is 25.7. The molecule has 6 rings (SSSR count). The van der Waals surface area contributed by atoms with Gasteiger partial charge in [-0.3, -0.25) is 14.5 Å². The molecule has 3 heterocycles. The third kappa shape index (κ3) is 4.23. The van der Waals surface area contributed by atoms with Crippen molar-refractivity contribution in [2.24, 2.45) is 0 Å². The molecule has 1 aromatic heterocycles. The lowest BCUT2D eigenvalue weighted by Gasteiger charge is -2.24. The van der Waals surface area contributed by atoms with Crippen LogP contribution in [0.1, 0.15) is 29.7 Å². The number of thiazole rings is 1. The number of fused-ring (bicyclic) bond motifs is 2. The van der Waals surface area contributed by atoms with Crippen LogP contribution < -0.4 is 14.4 Å². The summed E-state index contributed by atoms with van der Waals surface area (Å²) in [5, 5.41) is 22.7. The number of hydrogen-bond acceptors (Lipinski definition) is 8. The molecule has 8 nitrogen and oxygen atoms in total. The summed E-state index contributed by atoms with van der Waals surface area (Å²) in [6.07, 6.45) is 0.655. The number of ether oxygens (including phenoxy) is 2. The fraction of sp³-hybridized carbons (Fsp3) is 0.179. The van der Waals surface area contributed by atoms with Crippen LogP contribution >= 0.6 is 38.9 Å². The minimum absolute atomic E-state index is 0.00248. The molecule has 2 unspecified atom stereocenters. The molecule has 1 saturated heterocycles. The van der Waals surface area contributed by atoms with Crippen LogP contribution in [0.25, 0.3) is 16.0 Å². The van der Waals surface area contributed by atoms with Gasteiger partial charge in [0.25, 0.3) is 5.78 Å². The van der Waals surface area contributed by atoms with Gasteiger partial charge < -0.3 is 19.7 Å². The molecule has 0 aliphatic carbocycles. The summed E-state index contributed by atoms with van der Waals surface area (Å²) < 4.78 is 12.1. The molecular weight excluding hydrogens is 608 g/mol. The van der Waals surface area contributed by atoms with Crippen LogP contribution in [0.15, 0.2) is 58.6 Å². The number of Topliss-reactive ketones (excluding diaryl/α,β-unsaturated/α-hetero) is 1. The van der Waals surface area contributed by atoms with Crippen molar-refractivity contribution < 1.29 is 29.3 Å². The van der Waals surface area contributed by atoms with E-state index in [9.17, 15) is 19.8 Å². The van der Waals surface area contributed by atoms with Crippen molar-refractivity contribution in [2.75, 3.05) is 12.0 Å². The molecule has 1 amide bonds. The Kier molecular flexibility index (Phi) is 6.28. The predicted octanol–water partition coefficient (Wildman–Crippen LogP) is 6.38. The molecule has 0 saturated carbocycles. The van der Waals surface area contributed by atoms with Gasteiger partial charge in [0.05, 0.1) is 33.4 Å². The number of hydrogen-bond donors (Lipinski definition) is 2. The summed E-state index contributed by atoms with van der Waals surface area (Å²) in [7, 11) is 1.40. The lowest BCUT2D eigenvalue weighted by Crippen LogP contribution is -2.29. The van der Waals surface area contributed by atoms with E-state index >= 15 is 0 Å². The largest absolute Gasteiger partial charge is 0.507 e. The highest BCUT2D eigenvalue weighted by molar-refractivity contribution is 9.10. The normalized spacial score (nSPS) is 19.9. The molecule has 3 aromatic carbocycles. The third-order valence-corrected chi connectivity index (χ3v) is 8.60. The highest BCUT2D eigenvalue weighted by Gasteiger charge is 2.48. The van der Waals surface area contributed by atoms with Gasteiger partial charge in [0.2, 0.25) is 0 Å². The molecule has 2 N–H and O–H groups in total. The van der Waals surface area contributed by atoms with Gasteiger partial charge >= 0.3 is 5.91 Å². The number of methoxy groups -OCH3 is 1. The van der Waals surface area contributed by atoms with Gasteiger partial charge in [0, 0.05) is 17.0 Å². The zero-order valence-corrected chi connectivity index (χ0v) is 23.7. The molecule has 2 aliphatic heterocycles. The molecule has 11 heteroatoms. The van der Waals surface area contributed by atoms with Crippen molar-refractivity contribution in [3.8, 4) is 17.2 Å². The monoisotopic (exact) mass is 626 g/mol. The van der Waals surface area contributed by atoms with E-state index in [4.69, 9.17) is 21.1 Å². The first-order chi connectivity index (χ1) is 18.7. The number of rotatable bonds is 4. The summed E-state index contributed by atoms with van der Waals surface area (Å²) in [6, 6.07) is 12.4. The number of phenolic OH excluding ortho intramolecular Hbond substituents is 1. The van der Waals surface area contributed by atoms with Crippen molar-refractivity contribution in [3.63, 3.8) is 0 Å². The van der Waals surface area contributed by atoms with Crippen molar-refractivity contribution in [1.82, 2.24) is 4.98 Å². The Morgan fingerprint density at radius 1 is 1.21 bits per heavy atom. The number of nitrogens with zero attached hydrogens (tertiary/aromatic N) is 2. The predicted molar refractivity (Wildman–Crippen MR) is 152 cm³/mol. The second-order valence-electron chi connectivity index (χ2n) is 9.29. The number of aromatic nitrogens is 1.